The standard InChI is InChI=1S/C18H13FN2O2S/c19-13-6-4-11(5-7-13)17(23)21-18(24)20-16-3-1-2-12-10-14(22)8-9-15(12)16/h1-10,22H,(H2,20,21,23,24). The van der Waals surface area contributed by atoms with Crippen LogP contribution in [0.5, 0.6) is 5.75 Å². The molecule has 0 atom stereocenters. The molecule has 0 aliphatic heterocycles. The number of carbonyl (C=O) groups excluding carboxylic acids is 1. The number of anilines is 1. The summed E-state index contributed by atoms with van der Waals surface area (Å²) in [4.78, 5) is 12.1. The highest BCUT2D eigenvalue weighted by atomic mass is 32.1. The molecular weight excluding hydrogens is 327 g/mol. The second-order valence-electron chi connectivity index (χ2n) is 5.13. The van der Waals surface area contributed by atoms with E-state index in [2.05, 4.69) is 10.6 Å². The van der Waals surface area contributed by atoms with Crippen molar-refractivity contribution in [2.45, 2.75) is 0 Å². The van der Waals surface area contributed by atoms with Gasteiger partial charge < -0.3 is 10.4 Å². The molecular formula is C18H13FN2O2S. The van der Waals surface area contributed by atoms with Crippen LogP contribution in [0.3, 0.4) is 0 Å². The van der Waals surface area contributed by atoms with Crippen LogP contribution in [0.15, 0.2) is 60.7 Å². The second-order valence-corrected chi connectivity index (χ2v) is 5.53. The van der Waals surface area contributed by atoms with E-state index in [-0.39, 0.29) is 10.9 Å². The van der Waals surface area contributed by atoms with Gasteiger partial charge in [0.05, 0.1) is 0 Å². The fraction of sp³-hybridized carbons (Fsp3) is 0. The van der Waals surface area contributed by atoms with Crippen LogP contribution in [0.1, 0.15) is 10.4 Å². The molecule has 24 heavy (non-hydrogen) atoms. The van der Waals surface area contributed by atoms with E-state index in [1.54, 1.807) is 18.2 Å². The van der Waals surface area contributed by atoms with Gasteiger partial charge in [-0.25, -0.2) is 4.39 Å². The average molecular weight is 340 g/mol. The third-order valence-corrected chi connectivity index (χ3v) is 3.65. The molecule has 3 N–H and O–H groups in total. The van der Waals surface area contributed by atoms with Gasteiger partial charge in [0.1, 0.15) is 11.6 Å². The summed E-state index contributed by atoms with van der Waals surface area (Å²) in [6, 6.07) is 15.7. The minimum absolute atomic E-state index is 0.130. The zero-order chi connectivity index (χ0) is 17.1. The van der Waals surface area contributed by atoms with E-state index in [0.29, 0.717) is 11.3 Å². The summed E-state index contributed by atoms with van der Waals surface area (Å²) >= 11 is 5.16. The molecule has 0 radical (unpaired) electrons. The molecule has 3 aromatic carbocycles. The fourth-order valence-electron chi connectivity index (χ4n) is 2.31. The van der Waals surface area contributed by atoms with Crippen molar-refractivity contribution in [3.05, 3.63) is 72.0 Å². The fourth-order valence-corrected chi connectivity index (χ4v) is 2.51. The zero-order valence-corrected chi connectivity index (χ0v) is 13.2. The maximum Gasteiger partial charge on any atom is 0.257 e. The number of benzene rings is 3. The van der Waals surface area contributed by atoms with Crippen molar-refractivity contribution in [2.75, 3.05) is 5.32 Å². The molecule has 0 aliphatic rings. The number of thiocarbonyl (C=S) groups is 1. The van der Waals surface area contributed by atoms with Gasteiger partial charge in [0.25, 0.3) is 5.91 Å². The Morgan fingerprint density at radius 1 is 1.04 bits per heavy atom. The average Bonchev–Trinajstić information content (AvgIpc) is 2.55. The summed E-state index contributed by atoms with van der Waals surface area (Å²) in [6.45, 7) is 0. The zero-order valence-electron chi connectivity index (χ0n) is 12.4. The monoisotopic (exact) mass is 340 g/mol. The van der Waals surface area contributed by atoms with Crippen molar-refractivity contribution < 1.29 is 14.3 Å². The van der Waals surface area contributed by atoms with Crippen LogP contribution >= 0.6 is 12.2 Å². The normalized spacial score (nSPS) is 10.4. The molecule has 1 amide bonds. The Morgan fingerprint density at radius 3 is 2.54 bits per heavy atom. The number of aromatic hydroxyl groups is 1. The molecule has 120 valence electrons. The number of hydrogen-bond donors (Lipinski definition) is 3. The number of phenolic OH excluding ortho intramolecular Hbond substituents is 1. The second kappa shape index (κ2) is 6.64. The van der Waals surface area contributed by atoms with E-state index in [4.69, 9.17) is 12.2 Å². The highest BCUT2D eigenvalue weighted by molar-refractivity contribution is 7.80. The van der Waals surface area contributed by atoms with Gasteiger partial charge in [0.15, 0.2) is 5.11 Å². The Morgan fingerprint density at radius 2 is 1.79 bits per heavy atom. The van der Waals surface area contributed by atoms with Crippen LogP contribution in [0, 0.1) is 5.82 Å². The van der Waals surface area contributed by atoms with Gasteiger partial charge in [-0.1, -0.05) is 12.1 Å². The maximum atomic E-state index is 12.9. The number of rotatable bonds is 2. The van der Waals surface area contributed by atoms with Gasteiger partial charge in [-0.05, 0) is 66.1 Å². The minimum atomic E-state index is -0.426. The summed E-state index contributed by atoms with van der Waals surface area (Å²) in [5.41, 5.74) is 1.01. The number of nitrogens with one attached hydrogen (secondary N) is 2. The Kier molecular flexibility index (Phi) is 4.39. The number of phenols is 1. The van der Waals surface area contributed by atoms with Gasteiger partial charge in [-0.3, -0.25) is 10.1 Å². The van der Waals surface area contributed by atoms with Crippen molar-refractivity contribution in [3.8, 4) is 5.75 Å². The SMILES string of the molecule is O=C(NC(=S)Nc1cccc2cc(O)ccc12)c1ccc(F)cc1. The van der Waals surface area contributed by atoms with Crippen LogP contribution in [-0.4, -0.2) is 16.1 Å². The number of carbonyl (C=O) groups is 1. The lowest BCUT2D eigenvalue weighted by Gasteiger charge is -2.12. The van der Waals surface area contributed by atoms with Crippen LogP contribution in [0.4, 0.5) is 10.1 Å². The quantitative estimate of drug-likeness (QED) is 0.621. The van der Waals surface area contributed by atoms with Crippen molar-refractivity contribution in [1.29, 1.82) is 0 Å². The predicted molar refractivity (Wildman–Crippen MR) is 95.7 cm³/mol. The first-order valence-electron chi connectivity index (χ1n) is 7.12. The van der Waals surface area contributed by atoms with Gasteiger partial charge in [-0.15, -0.1) is 0 Å². The summed E-state index contributed by atoms with van der Waals surface area (Å²) in [5.74, 6) is -0.663. The third-order valence-electron chi connectivity index (χ3n) is 3.45. The summed E-state index contributed by atoms with van der Waals surface area (Å²) in [6.07, 6.45) is 0. The van der Waals surface area contributed by atoms with Crippen LogP contribution in [0.2, 0.25) is 0 Å². The molecule has 4 nitrogen and oxygen atoms in total. The molecule has 0 fully saturated rings. The lowest BCUT2D eigenvalue weighted by Crippen LogP contribution is -2.34. The molecule has 3 rings (SSSR count). The van der Waals surface area contributed by atoms with Gasteiger partial charge >= 0.3 is 0 Å². The summed E-state index contributed by atoms with van der Waals surface area (Å²) in [5, 5.41) is 16.9. The largest absolute Gasteiger partial charge is 0.508 e. The molecule has 0 aromatic heterocycles. The van der Waals surface area contributed by atoms with Gasteiger partial charge in [-0.2, -0.15) is 0 Å². The number of amides is 1. The third kappa shape index (κ3) is 3.49. The number of halogens is 1. The van der Waals surface area contributed by atoms with Crippen molar-refractivity contribution >= 4 is 39.7 Å². The van der Waals surface area contributed by atoms with E-state index >= 15 is 0 Å². The first-order chi connectivity index (χ1) is 11.5. The van der Waals surface area contributed by atoms with Gasteiger partial charge in [0, 0.05) is 16.6 Å². The topological polar surface area (TPSA) is 61.4 Å². The van der Waals surface area contributed by atoms with E-state index in [0.717, 1.165) is 10.8 Å². The molecule has 0 heterocycles. The lowest BCUT2D eigenvalue weighted by atomic mass is 10.1. The summed E-state index contributed by atoms with van der Waals surface area (Å²) < 4.78 is 12.9. The van der Waals surface area contributed by atoms with E-state index in [1.807, 2.05) is 18.2 Å². The highest BCUT2D eigenvalue weighted by Gasteiger charge is 2.09. The Bertz CT molecular complexity index is 926. The number of fused-ring (bicyclic) bond motifs is 1. The van der Waals surface area contributed by atoms with Crippen LogP contribution < -0.4 is 10.6 Å². The smallest absolute Gasteiger partial charge is 0.257 e. The molecule has 0 bridgehead atoms. The molecule has 6 heteroatoms. The van der Waals surface area contributed by atoms with E-state index in [1.165, 1.54) is 24.3 Å². The summed E-state index contributed by atoms with van der Waals surface area (Å²) in [7, 11) is 0. The number of hydrogen-bond acceptors (Lipinski definition) is 3. The first kappa shape index (κ1) is 15.9. The molecule has 0 aliphatic carbocycles. The van der Waals surface area contributed by atoms with Crippen molar-refractivity contribution in [1.82, 2.24) is 5.32 Å². The van der Waals surface area contributed by atoms with Crippen molar-refractivity contribution in [3.63, 3.8) is 0 Å². The van der Waals surface area contributed by atoms with Gasteiger partial charge in [0.2, 0.25) is 0 Å². The van der Waals surface area contributed by atoms with Crippen LogP contribution in [0.25, 0.3) is 10.8 Å². The molecule has 0 unspecified atom stereocenters. The molecule has 3 aromatic rings. The first-order valence-corrected chi connectivity index (χ1v) is 7.53. The minimum Gasteiger partial charge on any atom is -0.508 e. The Labute approximate surface area is 142 Å². The maximum absolute atomic E-state index is 12.9. The van der Waals surface area contributed by atoms with E-state index < -0.39 is 11.7 Å². The highest BCUT2D eigenvalue weighted by Crippen LogP contribution is 2.26. The molecule has 0 saturated carbocycles. The lowest BCUT2D eigenvalue weighted by molar-refractivity contribution is 0.0977. The predicted octanol–water partition coefficient (Wildman–Crippen LogP) is 3.81. The molecule has 0 saturated heterocycles. The van der Waals surface area contributed by atoms with Crippen molar-refractivity contribution in [2.24, 2.45) is 0 Å². The van der Waals surface area contributed by atoms with E-state index in [9.17, 15) is 14.3 Å². The Hall–Kier alpha value is -2.99. The molecule has 0 spiro atoms. The van der Waals surface area contributed by atoms with Crippen LogP contribution in [-0.2, 0) is 0 Å². The Balaban J connectivity index is 1.75.